The van der Waals surface area contributed by atoms with Gasteiger partial charge in [0.1, 0.15) is 6.61 Å². The van der Waals surface area contributed by atoms with E-state index in [1.165, 1.54) is 0 Å². The van der Waals surface area contributed by atoms with Crippen molar-refractivity contribution in [1.29, 1.82) is 0 Å². The molecule has 0 saturated heterocycles. The monoisotopic (exact) mass is 124 g/mol. The second-order valence-corrected chi connectivity index (χ2v) is 2.20. The summed E-state index contributed by atoms with van der Waals surface area (Å²) in [6.45, 7) is 3.69. The van der Waals surface area contributed by atoms with E-state index in [9.17, 15) is 0 Å². The van der Waals surface area contributed by atoms with Crippen molar-refractivity contribution in [2.75, 3.05) is 6.61 Å². The van der Waals surface area contributed by atoms with Crippen molar-refractivity contribution < 1.29 is 4.74 Å². The van der Waals surface area contributed by atoms with Crippen LogP contribution in [0.5, 0.6) is 5.88 Å². The molecule has 0 amide bonds. The zero-order chi connectivity index (χ0) is 6.27. The van der Waals surface area contributed by atoms with Gasteiger partial charge in [-0.1, -0.05) is 0 Å². The largest absolute Gasteiger partial charge is 0.476 e. The molecule has 0 bridgehead atoms. The van der Waals surface area contributed by atoms with Gasteiger partial charge in [0.15, 0.2) is 0 Å². The molecule has 1 aliphatic rings. The van der Waals surface area contributed by atoms with Crippen LogP contribution in [0, 0.1) is 6.92 Å². The first-order chi connectivity index (χ1) is 4.38. The zero-order valence-corrected chi connectivity index (χ0v) is 5.29. The summed E-state index contributed by atoms with van der Waals surface area (Å²) < 4.78 is 7.15. The fourth-order valence-electron chi connectivity index (χ4n) is 1.04. The van der Waals surface area contributed by atoms with Crippen LogP contribution in [0.4, 0.5) is 0 Å². The molecule has 0 N–H and O–H groups in total. The topological polar surface area (TPSA) is 27.1 Å². The van der Waals surface area contributed by atoms with Gasteiger partial charge in [-0.25, -0.2) is 4.68 Å². The number of ether oxygens (including phenoxy) is 1. The fourth-order valence-corrected chi connectivity index (χ4v) is 1.04. The number of fused-ring (bicyclic) bond motifs is 1. The summed E-state index contributed by atoms with van der Waals surface area (Å²) in [6, 6.07) is 0. The molecule has 9 heavy (non-hydrogen) atoms. The molecule has 48 valence electrons. The predicted molar refractivity (Wildman–Crippen MR) is 32.5 cm³/mol. The van der Waals surface area contributed by atoms with Gasteiger partial charge in [-0.2, -0.15) is 5.10 Å². The van der Waals surface area contributed by atoms with Crippen LogP contribution in [0.2, 0.25) is 0 Å². The molecule has 0 atom stereocenters. The number of hydrogen-bond donors (Lipinski definition) is 0. The van der Waals surface area contributed by atoms with E-state index in [0.717, 1.165) is 24.6 Å². The average Bonchev–Trinajstić information content (AvgIpc) is 2.35. The number of hydrogen-bond acceptors (Lipinski definition) is 2. The lowest BCUT2D eigenvalue weighted by Gasteiger charge is -1.90. The second kappa shape index (κ2) is 1.50. The summed E-state index contributed by atoms with van der Waals surface area (Å²) in [7, 11) is 0. The van der Waals surface area contributed by atoms with Crippen molar-refractivity contribution in [2.24, 2.45) is 0 Å². The van der Waals surface area contributed by atoms with Crippen LogP contribution in [0.25, 0.3) is 0 Å². The Hall–Kier alpha value is -0.990. The van der Waals surface area contributed by atoms with Gasteiger partial charge in [0.25, 0.3) is 0 Å². The van der Waals surface area contributed by atoms with Gasteiger partial charge in [-0.05, 0) is 6.92 Å². The Balaban J connectivity index is 2.56. The van der Waals surface area contributed by atoms with Crippen LogP contribution in [-0.4, -0.2) is 16.4 Å². The van der Waals surface area contributed by atoms with Crippen LogP contribution in [0.3, 0.4) is 0 Å². The Labute approximate surface area is 53.2 Å². The van der Waals surface area contributed by atoms with Crippen molar-refractivity contribution in [3.05, 3.63) is 11.8 Å². The quantitative estimate of drug-likeness (QED) is 0.506. The van der Waals surface area contributed by atoms with Crippen molar-refractivity contribution in [3.8, 4) is 5.88 Å². The number of rotatable bonds is 0. The highest BCUT2D eigenvalue weighted by Crippen LogP contribution is 2.20. The average molecular weight is 124 g/mol. The van der Waals surface area contributed by atoms with E-state index in [4.69, 9.17) is 4.74 Å². The van der Waals surface area contributed by atoms with E-state index in [1.807, 2.05) is 17.8 Å². The molecular formula is C6H8N2O. The van der Waals surface area contributed by atoms with E-state index in [1.54, 1.807) is 0 Å². The molecule has 1 aliphatic heterocycles. The molecule has 0 unspecified atom stereocenters. The fraction of sp³-hybridized carbons (Fsp3) is 0.500. The lowest BCUT2D eigenvalue weighted by Crippen LogP contribution is -1.93. The molecule has 0 aromatic carbocycles. The van der Waals surface area contributed by atoms with Gasteiger partial charge in [-0.3, -0.25) is 0 Å². The highest BCUT2D eigenvalue weighted by atomic mass is 16.5. The Morgan fingerprint density at radius 3 is 3.44 bits per heavy atom. The van der Waals surface area contributed by atoms with E-state index in [2.05, 4.69) is 5.10 Å². The van der Waals surface area contributed by atoms with Gasteiger partial charge in [0.05, 0.1) is 12.7 Å². The molecule has 0 saturated carbocycles. The molecule has 1 aromatic heterocycles. The standard InChI is InChI=1S/C6H8N2O/c1-5-4-7-8-2-3-9-6(5)8/h4H,2-3H2,1H3. The lowest BCUT2D eigenvalue weighted by molar-refractivity contribution is 0.354. The van der Waals surface area contributed by atoms with Crippen molar-refractivity contribution >= 4 is 0 Å². The van der Waals surface area contributed by atoms with Crippen LogP contribution in [-0.2, 0) is 6.54 Å². The first-order valence-corrected chi connectivity index (χ1v) is 3.03. The molecule has 3 heteroatoms. The van der Waals surface area contributed by atoms with Gasteiger partial charge in [0.2, 0.25) is 5.88 Å². The third kappa shape index (κ3) is 0.542. The summed E-state index contributed by atoms with van der Waals surface area (Å²) >= 11 is 0. The highest BCUT2D eigenvalue weighted by Gasteiger charge is 2.13. The second-order valence-electron chi connectivity index (χ2n) is 2.20. The lowest BCUT2D eigenvalue weighted by atomic mass is 10.4. The van der Waals surface area contributed by atoms with Gasteiger partial charge >= 0.3 is 0 Å². The molecule has 3 nitrogen and oxygen atoms in total. The molecule has 2 heterocycles. The molecule has 0 radical (unpaired) electrons. The van der Waals surface area contributed by atoms with Crippen LogP contribution in [0.15, 0.2) is 6.20 Å². The Morgan fingerprint density at radius 1 is 1.78 bits per heavy atom. The van der Waals surface area contributed by atoms with Crippen molar-refractivity contribution in [1.82, 2.24) is 9.78 Å². The Kier molecular flexibility index (Phi) is 0.806. The van der Waals surface area contributed by atoms with Crippen LogP contribution < -0.4 is 4.74 Å². The summed E-state index contributed by atoms with van der Waals surface area (Å²) in [5, 5.41) is 4.09. The van der Waals surface area contributed by atoms with Crippen molar-refractivity contribution in [3.63, 3.8) is 0 Å². The molecule has 0 spiro atoms. The minimum Gasteiger partial charge on any atom is -0.476 e. The summed E-state index contributed by atoms with van der Waals surface area (Å²) in [5.41, 5.74) is 1.13. The summed E-state index contributed by atoms with van der Waals surface area (Å²) in [4.78, 5) is 0. The van der Waals surface area contributed by atoms with E-state index in [0.29, 0.717) is 0 Å². The SMILES string of the molecule is Cc1cnn2c1OCC2. The van der Waals surface area contributed by atoms with Gasteiger partial charge < -0.3 is 4.74 Å². The van der Waals surface area contributed by atoms with E-state index in [-0.39, 0.29) is 0 Å². The molecular weight excluding hydrogens is 116 g/mol. The zero-order valence-electron chi connectivity index (χ0n) is 5.29. The third-order valence-corrected chi connectivity index (χ3v) is 1.50. The van der Waals surface area contributed by atoms with E-state index >= 15 is 0 Å². The highest BCUT2D eigenvalue weighted by molar-refractivity contribution is 5.23. The maximum Gasteiger partial charge on any atom is 0.214 e. The summed E-state index contributed by atoms with van der Waals surface area (Å²) in [6.07, 6.45) is 1.83. The van der Waals surface area contributed by atoms with Crippen LogP contribution in [0.1, 0.15) is 5.56 Å². The first-order valence-electron chi connectivity index (χ1n) is 3.03. The summed E-state index contributed by atoms with van der Waals surface area (Å²) in [5.74, 6) is 0.940. The smallest absolute Gasteiger partial charge is 0.214 e. The first kappa shape index (κ1) is 4.85. The van der Waals surface area contributed by atoms with E-state index < -0.39 is 0 Å². The molecule has 0 aliphatic carbocycles. The van der Waals surface area contributed by atoms with Crippen molar-refractivity contribution in [2.45, 2.75) is 13.5 Å². The minimum atomic E-state index is 0.782. The molecule has 0 fully saturated rings. The Morgan fingerprint density at radius 2 is 2.67 bits per heavy atom. The predicted octanol–water partition coefficient (Wildman–Crippen LogP) is 0.584. The maximum absolute atomic E-state index is 5.27. The van der Waals surface area contributed by atoms with Gasteiger partial charge in [-0.15, -0.1) is 0 Å². The Bertz CT molecular complexity index is 229. The normalized spacial score (nSPS) is 15.2. The number of nitrogens with zero attached hydrogens (tertiary/aromatic N) is 2. The molecule has 2 rings (SSSR count). The van der Waals surface area contributed by atoms with Gasteiger partial charge in [0, 0.05) is 5.56 Å². The number of aryl methyl sites for hydroxylation is 1. The number of aromatic nitrogens is 2. The third-order valence-electron chi connectivity index (χ3n) is 1.50. The minimum absolute atomic E-state index is 0.782. The maximum atomic E-state index is 5.27. The molecule has 1 aromatic rings. The van der Waals surface area contributed by atoms with Crippen LogP contribution >= 0.6 is 0 Å².